The van der Waals surface area contributed by atoms with Gasteiger partial charge in [-0.1, -0.05) is 0 Å². The minimum absolute atomic E-state index is 0.442. The number of imidazole rings is 1. The van der Waals surface area contributed by atoms with Gasteiger partial charge in [0.25, 0.3) is 0 Å². The summed E-state index contributed by atoms with van der Waals surface area (Å²) in [7, 11) is -4.75. The molecule has 2 rings (SSSR count). The minimum Gasteiger partial charge on any atom is -0.462 e. The summed E-state index contributed by atoms with van der Waals surface area (Å²) in [5, 5.41) is 0. The van der Waals surface area contributed by atoms with Crippen LogP contribution in [0.1, 0.15) is 41.0 Å². The second-order valence-corrected chi connectivity index (χ2v) is 9.72. The number of carbonyl (C=O) groups excluding carboxylic acids is 5. The molecule has 0 radical (unpaired) electrons. The molecule has 1 saturated heterocycles. The molecule has 7 atom stereocenters. The zero-order valence-electron chi connectivity index (χ0n) is 21.2. The molecule has 1 fully saturated rings. The maximum absolute atomic E-state index is 13.0. The molecule has 0 saturated carbocycles. The fraction of sp³-hybridized carbons (Fsp3) is 0.619. The van der Waals surface area contributed by atoms with Crippen LogP contribution in [0.25, 0.3) is 0 Å². The second-order valence-electron chi connectivity index (χ2n) is 8.06. The van der Waals surface area contributed by atoms with Crippen molar-refractivity contribution in [2.45, 2.75) is 77.8 Å². The fourth-order valence-corrected chi connectivity index (χ4v) is 4.56. The Hall–Kier alpha value is -3.33. The predicted octanol–water partition coefficient (Wildman–Crippen LogP) is 0.253. The van der Waals surface area contributed by atoms with Gasteiger partial charge in [-0.3, -0.25) is 28.5 Å². The van der Waals surface area contributed by atoms with E-state index in [-0.39, 0.29) is 0 Å². The molecule has 0 spiro atoms. The van der Waals surface area contributed by atoms with Gasteiger partial charge in [0.15, 0.2) is 18.3 Å². The first-order chi connectivity index (χ1) is 17.7. The second kappa shape index (κ2) is 13.5. The van der Waals surface area contributed by atoms with Gasteiger partial charge in [-0.05, 0) is 0 Å². The molecule has 16 nitrogen and oxygen atoms in total. The van der Waals surface area contributed by atoms with E-state index in [0.29, 0.717) is 0 Å². The Labute approximate surface area is 217 Å². The molecule has 1 aliphatic rings. The van der Waals surface area contributed by atoms with Gasteiger partial charge in [0.05, 0.1) is 0 Å². The van der Waals surface area contributed by atoms with Gasteiger partial charge in [0, 0.05) is 53.4 Å². The average molecular weight is 564 g/mol. The quantitative estimate of drug-likeness (QED) is 0.230. The van der Waals surface area contributed by atoms with Crippen molar-refractivity contribution >= 4 is 37.6 Å². The van der Waals surface area contributed by atoms with E-state index in [2.05, 4.69) is 4.98 Å². The lowest BCUT2D eigenvalue weighted by atomic mass is 9.99. The predicted molar refractivity (Wildman–Crippen MR) is 121 cm³/mol. The Kier molecular flexibility index (Phi) is 10.9. The Morgan fingerprint density at radius 3 is 2.08 bits per heavy atom. The number of hydrogen-bond acceptors (Lipinski definition) is 14. The van der Waals surface area contributed by atoms with Crippen LogP contribution in [0.5, 0.6) is 0 Å². The van der Waals surface area contributed by atoms with E-state index in [1.165, 1.54) is 6.20 Å². The summed E-state index contributed by atoms with van der Waals surface area (Å²) < 4.78 is 51.1. The summed E-state index contributed by atoms with van der Waals surface area (Å²) in [5.74, 6) is -4.18. The number of aromatic nitrogens is 2. The number of nitrogens with zero attached hydrogens (tertiary/aromatic N) is 2. The Bertz CT molecular complexity index is 1060. The van der Waals surface area contributed by atoms with Crippen LogP contribution in [-0.2, 0) is 61.5 Å². The monoisotopic (exact) mass is 564 g/mol. The van der Waals surface area contributed by atoms with Gasteiger partial charge >= 0.3 is 37.6 Å². The smallest absolute Gasteiger partial charge is 0.439 e. The van der Waals surface area contributed by atoms with Crippen LogP contribution in [0.15, 0.2) is 18.7 Å². The van der Waals surface area contributed by atoms with Crippen LogP contribution in [0, 0.1) is 0 Å². The Balaban J connectivity index is 2.64. The van der Waals surface area contributed by atoms with Gasteiger partial charge in [0.2, 0.25) is 6.29 Å². The van der Waals surface area contributed by atoms with E-state index in [4.69, 9.17) is 32.9 Å². The van der Waals surface area contributed by atoms with Crippen LogP contribution in [0.3, 0.4) is 0 Å². The van der Waals surface area contributed by atoms with Crippen LogP contribution in [-0.4, -0.2) is 87.5 Å². The van der Waals surface area contributed by atoms with E-state index >= 15 is 0 Å². The van der Waals surface area contributed by atoms with Gasteiger partial charge in [-0.25, -0.2) is 13.9 Å². The lowest BCUT2D eigenvalue weighted by Gasteiger charge is -2.34. The summed E-state index contributed by atoms with van der Waals surface area (Å²) in [6.07, 6.45) is -6.59. The van der Waals surface area contributed by atoms with Gasteiger partial charge < -0.3 is 33.3 Å². The van der Waals surface area contributed by atoms with Crippen molar-refractivity contribution in [3.05, 3.63) is 18.7 Å². The fourth-order valence-electron chi connectivity index (χ4n) is 3.58. The van der Waals surface area contributed by atoms with Gasteiger partial charge in [0.1, 0.15) is 25.1 Å². The zero-order chi connectivity index (χ0) is 28.6. The zero-order valence-corrected chi connectivity index (χ0v) is 22.1. The highest BCUT2D eigenvalue weighted by molar-refractivity contribution is 7.51. The average Bonchev–Trinajstić information content (AvgIpc) is 3.28. The van der Waals surface area contributed by atoms with Gasteiger partial charge in [-0.2, -0.15) is 0 Å². The Morgan fingerprint density at radius 1 is 0.974 bits per heavy atom. The molecule has 38 heavy (non-hydrogen) atoms. The molecule has 4 unspecified atom stereocenters. The Morgan fingerprint density at radius 2 is 1.58 bits per heavy atom. The number of ether oxygens (including phenoxy) is 6. The molecule has 0 amide bonds. The normalized spacial score (nSPS) is 25.6. The SMILES string of the molecule is CC(=O)OC[C@@H](OC(C)=O)C1OC(OP(=O)(O)n2ccnc2)[C@H](OC(C)=O)C[C@@H](OC(C)=O)C1OC(C)=O. The maximum atomic E-state index is 13.0. The molecule has 0 bridgehead atoms. The molecule has 1 aromatic heterocycles. The highest BCUT2D eigenvalue weighted by atomic mass is 31.2. The van der Waals surface area contributed by atoms with Crippen molar-refractivity contribution in [3.8, 4) is 0 Å². The molecule has 1 aromatic rings. The lowest BCUT2D eigenvalue weighted by Crippen LogP contribution is -2.52. The maximum Gasteiger partial charge on any atom is 0.439 e. The van der Waals surface area contributed by atoms with E-state index in [9.17, 15) is 33.4 Å². The van der Waals surface area contributed by atoms with Crippen molar-refractivity contribution < 1.29 is 66.4 Å². The number of esters is 5. The van der Waals surface area contributed by atoms with Gasteiger partial charge in [-0.15, -0.1) is 0 Å². The van der Waals surface area contributed by atoms with Crippen molar-refractivity contribution in [1.29, 1.82) is 0 Å². The van der Waals surface area contributed by atoms with Crippen LogP contribution >= 0.6 is 7.75 Å². The van der Waals surface area contributed by atoms with Crippen molar-refractivity contribution in [2.24, 2.45) is 0 Å². The first-order valence-electron chi connectivity index (χ1n) is 11.2. The van der Waals surface area contributed by atoms with Crippen molar-refractivity contribution in [1.82, 2.24) is 9.32 Å². The lowest BCUT2D eigenvalue weighted by molar-refractivity contribution is -0.229. The van der Waals surface area contributed by atoms with E-state index < -0.39 is 87.4 Å². The highest BCUT2D eigenvalue weighted by Gasteiger charge is 2.51. The molecule has 2 heterocycles. The standard InChI is InChI=1S/C21H29N2O14P/c1-11(24)31-9-18(34-14(4)27)20-19(35-15(5)28)16(32-12(2)25)8-17(33-13(3)26)21(36-20)37-38(29,30)23-7-6-22-10-23/h6-7,10,16-21H,8-9H2,1-5H3,(H,29,30)/t16-,17-,18-,19?,20?,21?/m1/s1. The third kappa shape index (κ3) is 9.20. The molecule has 1 aliphatic heterocycles. The summed E-state index contributed by atoms with van der Waals surface area (Å²) in [6, 6.07) is 0. The van der Waals surface area contributed by atoms with Crippen LogP contribution in [0.4, 0.5) is 0 Å². The first kappa shape index (κ1) is 30.9. The van der Waals surface area contributed by atoms with Crippen molar-refractivity contribution in [3.63, 3.8) is 0 Å². The molecular formula is C21H29N2O14P. The summed E-state index contributed by atoms with van der Waals surface area (Å²) in [5.41, 5.74) is 0. The van der Waals surface area contributed by atoms with Crippen LogP contribution < -0.4 is 0 Å². The van der Waals surface area contributed by atoms with Crippen molar-refractivity contribution in [2.75, 3.05) is 6.61 Å². The molecule has 1 N–H and O–H groups in total. The first-order valence-corrected chi connectivity index (χ1v) is 12.7. The number of rotatable bonds is 10. The molecule has 17 heteroatoms. The highest BCUT2D eigenvalue weighted by Crippen LogP contribution is 2.47. The molecular weight excluding hydrogens is 535 g/mol. The molecule has 0 aliphatic carbocycles. The van der Waals surface area contributed by atoms with E-state index in [1.807, 2.05) is 0 Å². The third-order valence-corrected chi connectivity index (χ3v) is 6.15. The van der Waals surface area contributed by atoms with E-state index in [1.54, 1.807) is 0 Å². The number of hydrogen-bond donors (Lipinski definition) is 1. The summed E-state index contributed by atoms with van der Waals surface area (Å²) in [6.45, 7) is 4.65. The summed E-state index contributed by atoms with van der Waals surface area (Å²) in [4.78, 5) is 73.4. The molecule has 212 valence electrons. The number of carbonyl (C=O) groups is 5. The minimum atomic E-state index is -4.75. The topological polar surface area (TPSA) is 205 Å². The third-order valence-electron chi connectivity index (χ3n) is 4.84. The molecule has 0 aromatic carbocycles. The summed E-state index contributed by atoms with van der Waals surface area (Å²) >= 11 is 0. The van der Waals surface area contributed by atoms with E-state index in [0.717, 1.165) is 51.5 Å². The van der Waals surface area contributed by atoms with Crippen LogP contribution in [0.2, 0.25) is 0 Å². The largest absolute Gasteiger partial charge is 0.462 e.